The Morgan fingerprint density at radius 2 is 2.00 bits per heavy atom. The molecule has 0 atom stereocenters. The average molecular weight is 243 g/mol. The van der Waals surface area contributed by atoms with E-state index in [1.165, 1.54) is 12.1 Å². The van der Waals surface area contributed by atoms with Crippen molar-refractivity contribution in [3.63, 3.8) is 0 Å². The molecule has 2 aromatic carbocycles. The predicted octanol–water partition coefficient (Wildman–Crippen LogP) is 2.98. The molecule has 0 amide bonds. The molecule has 0 radical (unpaired) electrons. The predicted molar refractivity (Wildman–Crippen MR) is 63.6 cm³/mol. The molecule has 0 aliphatic carbocycles. The van der Waals surface area contributed by atoms with Gasteiger partial charge < -0.3 is 9.84 Å². The first kappa shape index (κ1) is 12.1. The van der Waals surface area contributed by atoms with Gasteiger partial charge in [-0.2, -0.15) is 5.26 Å². The zero-order valence-corrected chi connectivity index (χ0v) is 9.43. The molecular formula is C14H10FNO2. The second-order valence-corrected chi connectivity index (χ2v) is 3.69. The molecule has 0 aromatic heterocycles. The number of nitrogens with zero attached hydrogens (tertiary/aromatic N) is 1. The van der Waals surface area contributed by atoms with Crippen molar-refractivity contribution in [2.75, 3.05) is 0 Å². The number of halogens is 1. The van der Waals surface area contributed by atoms with E-state index in [0.29, 0.717) is 11.3 Å². The van der Waals surface area contributed by atoms with Crippen molar-refractivity contribution >= 4 is 0 Å². The van der Waals surface area contributed by atoms with Crippen LogP contribution in [0.25, 0.3) is 0 Å². The average Bonchev–Trinajstić information content (AvgIpc) is 2.38. The summed E-state index contributed by atoms with van der Waals surface area (Å²) in [5, 5.41) is 17.7. The van der Waals surface area contributed by atoms with Crippen molar-refractivity contribution < 1.29 is 14.2 Å². The van der Waals surface area contributed by atoms with Gasteiger partial charge in [0.15, 0.2) is 0 Å². The van der Waals surface area contributed by atoms with E-state index in [-0.39, 0.29) is 17.9 Å². The summed E-state index contributed by atoms with van der Waals surface area (Å²) in [6.45, 7) is -0.0935. The normalized spacial score (nSPS) is 9.83. The highest BCUT2D eigenvalue weighted by Crippen LogP contribution is 2.24. The summed E-state index contributed by atoms with van der Waals surface area (Å²) in [4.78, 5) is 0. The summed E-state index contributed by atoms with van der Waals surface area (Å²) < 4.78 is 18.6. The topological polar surface area (TPSA) is 53.2 Å². The van der Waals surface area contributed by atoms with E-state index in [0.717, 1.165) is 6.07 Å². The molecular weight excluding hydrogens is 233 g/mol. The lowest BCUT2D eigenvalue weighted by atomic mass is 10.2. The highest BCUT2D eigenvalue weighted by molar-refractivity contribution is 5.40. The molecule has 2 rings (SSSR count). The molecule has 1 N–H and O–H groups in total. The standard InChI is InChI=1S/C14H10FNO2/c15-12-4-11(8-16)6-14(7-12)18-13-3-1-2-10(5-13)9-17/h1-7,17H,9H2. The number of hydrogen-bond acceptors (Lipinski definition) is 3. The number of aliphatic hydroxyl groups excluding tert-OH is 1. The van der Waals surface area contributed by atoms with Gasteiger partial charge >= 0.3 is 0 Å². The monoisotopic (exact) mass is 243 g/mol. The molecule has 0 aliphatic heterocycles. The molecule has 4 heteroatoms. The lowest BCUT2D eigenvalue weighted by molar-refractivity contribution is 0.281. The van der Waals surface area contributed by atoms with Crippen LogP contribution in [-0.4, -0.2) is 5.11 Å². The van der Waals surface area contributed by atoms with Crippen LogP contribution in [0.5, 0.6) is 11.5 Å². The van der Waals surface area contributed by atoms with Crippen LogP contribution in [0.3, 0.4) is 0 Å². The molecule has 0 fully saturated rings. The van der Waals surface area contributed by atoms with Crippen molar-refractivity contribution in [2.45, 2.75) is 6.61 Å². The van der Waals surface area contributed by atoms with E-state index in [1.54, 1.807) is 24.3 Å². The molecule has 18 heavy (non-hydrogen) atoms. The van der Waals surface area contributed by atoms with Gasteiger partial charge in [0, 0.05) is 6.07 Å². The Morgan fingerprint density at radius 1 is 1.17 bits per heavy atom. The zero-order valence-electron chi connectivity index (χ0n) is 9.43. The van der Waals surface area contributed by atoms with Crippen LogP contribution in [-0.2, 0) is 6.61 Å². The maximum absolute atomic E-state index is 13.2. The largest absolute Gasteiger partial charge is 0.457 e. The SMILES string of the molecule is N#Cc1cc(F)cc(Oc2cccc(CO)c2)c1. The fourth-order valence-electron chi connectivity index (χ4n) is 1.53. The van der Waals surface area contributed by atoms with E-state index >= 15 is 0 Å². The molecule has 90 valence electrons. The number of hydrogen-bond donors (Lipinski definition) is 1. The molecule has 2 aromatic rings. The quantitative estimate of drug-likeness (QED) is 0.901. The first-order chi connectivity index (χ1) is 8.71. The summed E-state index contributed by atoms with van der Waals surface area (Å²) >= 11 is 0. The Labute approximate surface area is 104 Å². The number of benzene rings is 2. The van der Waals surface area contributed by atoms with Gasteiger partial charge in [-0.15, -0.1) is 0 Å². The molecule has 0 saturated heterocycles. The highest BCUT2D eigenvalue weighted by atomic mass is 19.1. The van der Waals surface area contributed by atoms with Crippen LogP contribution in [0, 0.1) is 17.1 Å². The second kappa shape index (κ2) is 5.30. The van der Waals surface area contributed by atoms with E-state index in [1.807, 2.05) is 6.07 Å². The minimum atomic E-state index is -0.526. The number of nitriles is 1. The van der Waals surface area contributed by atoms with Crippen LogP contribution in [0.4, 0.5) is 4.39 Å². The zero-order chi connectivity index (χ0) is 13.0. The molecule has 0 spiro atoms. The lowest BCUT2D eigenvalue weighted by Crippen LogP contribution is -1.89. The van der Waals surface area contributed by atoms with Crippen molar-refractivity contribution in [3.05, 3.63) is 59.4 Å². The third-order valence-electron chi connectivity index (χ3n) is 2.32. The molecule has 0 heterocycles. The van der Waals surface area contributed by atoms with Gasteiger partial charge in [-0.3, -0.25) is 0 Å². The third-order valence-corrected chi connectivity index (χ3v) is 2.32. The van der Waals surface area contributed by atoms with Crippen LogP contribution >= 0.6 is 0 Å². The number of rotatable bonds is 3. The van der Waals surface area contributed by atoms with Gasteiger partial charge in [-0.25, -0.2) is 4.39 Å². The fraction of sp³-hybridized carbons (Fsp3) is 0.0714. The van der Waals surface area contributed by atoms with Gasteiger partial charge in [-0.1, -0.05) is 12.1 Å². The van der Waals surface area contributed by atoms with Gasteiger partial charge in [0.25, 0.3) is 0 Å². The van der Waals surface area contributed by atoms with E-state index in [9.17, 15) is 4.39 Å². The highest BCUT2D eigenvalue weighted by Gasteiger charge is 2.03. The van der Waals surface area contributed by atoms with Crippen molar-refractivity contribution in [3.8, 4) is 17.6 Å². The Hall–Kier alpha value is -2.38. The Morgan fingerprint density at radius 3 is 2.72 bits per heavy atom. The van der Waals surface area contributed by atoms with Gasteiger partial charge in [0.05, 0.1) is 18.2 Å². The van der Waals surface area contributed by atoms with Crippen LogP contribution in [0.15, 0.2) is 42.5 Å². The molecule has 0 saturated carbocycles. The first-order valence-electron chi connectivity index (χ1n) is 5.29. The van der Waals surface area contributed by atoms with Crippen molar-refractivity contribution in [1.29, 1.82) is 5.26 Å². The van der Waals surface area contributed by atoms with E-state index in [2.05, 4.69) is 0 Å². The number of aliphatic hydroxyl groups is 1. The van der Waals surface area contributed by atoms with Crippen molar-refractivity contribution in [1.82, 2.24) is 0 Å². The summed E-state index contributed by atoms with van der Waals surface area (Å²) in [5.41, 5.74) is 0.896. The summed E-state index contributed by atoms with van der Waals surface area (Å²) in [7, 11) is 0. The Bertz CT molecular complexity index is 605. The smallest absolute Gasteiger partial charge is 0.131 e. The Kier molecular flexibility index (Phi) is 3.56. The van der Waals surface area contributed by atoms with Crippen LogP contribution in [0.2, 0.25) is 0 Å². The van der Waals surface area contributed by atoms with Crippen molar-refractivity contribution in [2.24, 2.45) is 0 Å². The number of ether oxygens (including phenoxy) is 1. The first-order valence-corrected chi connectivity index (χ1v) is 5.29. The minimum absolute atomic E-state index is 0.0935. The second-order valence-electron chi connectivity index (χ2n) is 3.69. The maximum Gasteiger partial charge on any atom is 0.131 e. The van der Waals surface area contributed by atoms with Crippen LogP contribution < -0.4 is 4.74 Å². The minimum Gasteiger partial charge on any atom is -0.457 e. The molecule has 0 bridgehead atoms. The molecule has 3 nitrogen and oxygen atoms in total. The Balaban J connectivity index is 2.28. The molecule has 0 aliphatic rings. The van der Waals surface area contributed by atoms with Gasteiger partial charge in [0.1, 0.15) is 17.3 Å². The van der Waals surface area contributed by atoms with Gasteiger partial charge in [0.2, 0.25) is 0 Å². The summed E-state index contributed by atoms with van der Waals surface area (Å²) in [6, 6.07) is 12.5. The van der Waals surface area contributed by atoms with Crippen LogP contribution in [0.1, 0.15) is 11.1 Å². The van der Waals surface area contributed by atoms with E-state index < -0.39 is 5.82 Å². The molecule has 0 unspecified atom stereocenters. The summed E-state index contributed by atoms with van der Waals surface area (Å²) in [6.07, 6.45) is 0. The maximum atomic E-state index is 13.2. The fourth-order valence-corrected chi connectivity index (χ4v) is 1.53. The summed E-state index contributed by atoms with van der Waals surface area (Å²) in [5.74, 6) is 0.208. The van der Waals surface area contributed by atoms with E-state index in [4.69, 9.17) is 15.1 Å². The lowest BCUT2D eigenvalue weighted by Gasteiger charge is -2.07. The van der Waals surface area contributed by atoms with Gasteiger partial charge in [-0.05, 0) is 29.8 Å². The third kappa shape index (κ3) is 2.84.